The Labute approximate surface area is 282 Å². The second-order valence-corrected chi connectivity index (χ2v) is 14.3. The van der Waals surface area contributed by atoms with Gasteiger partial charge in [0.1, 0.15) is 12.6 Å². The van der Waals surface area contributed by atoms with Crippen LogP contribution in [-0.4, -0.2) is 44.3 Å². The van der Waals surface area contributed by atoms with Crippen molar-refractivity contribution in [3.8, 4) is 0 Å². The van der Waals surface area contributed by atoms with Gasteiger partial charge >= 0.3 is 0 Å². The predicted octanol–water partition coefficient (Wildman–Crippen LogP) is 6.81. The summed E-state index contributed by atoms with van der Waals surface area (Å²) in [5.74, 6) is -0.771. The summed E-state index contributed by atoms with van der Waals surface area (Å²) in [6, 6.07) is 31.2. The molecule has 0 aromatic heterocycles. The molecule has 44 heavy (non-hydrogen) atoms. The lowest BCUT2D eigenvalue weighted by molar-refractivity contribution is -0.140. The maximum Gasteiger partial charge on any atom is 0.264 e. The van der Waals surface area contributed by atoms with Gasteiger partial charge in [-0.05, 0) is 88.7 Å². The molecule has 0 unspecified atom stereocenters. The third kappa shape index (κ3) is 9.15. The van der Waals surface area contributed by atoms with Crippen LogP contribution in [0.15, 0.2) is 119 Å². The highest BCUT2D eigenvalue weighted by Gasteiger charge is 2.34. The molecular weight excluding hydrogens is 753 g/mol. The molecule has 0 spiro atoms. The zero-order valence-electron chi connectivity index (χ0n) is 24.4. The van der Waals surface area contributed by atoms with Gasteiger partial charge in [-0.2, -0.15) is 0 Å². The highest BCUT2D eigenvalue weighted by atomic mass is 127. The van der Waals surface area contributed by atoms with Crippen LogP contribution in [0.5, 0.6) is 0 Å². The van der Waals surface area contributed by atoms with E-state index in [1.807, 2.05) is 61.5 Å². The number of carbonyl (C=O) groups is 2. The molecule has 2 amide bonds. The molecule has 0 aliphatic heterocycles. The van der Waals surface area contributed by atoms with Crippen LogP contribution in [0.2, 0.25) is 0 Å². The molecule has 4 aromatic carbocycles. The largest absolute Gasteiger partial charge is 0.354 e. The average molecular weight is 789 g/mol. The van der Waals surface area contributed by atoms with Gasteiger partial charge in [0.2, 0.25) is 11.8 Å². The SMILES string of the molecule is CCCCNC(=O)[C@@H](Cc1ccccc1)N(Cc1cccc(Br)c1)C(=O)CN(c1ccc(I)cc1)S(=O)(=O)c1ccccc1. The molecule has 7 nitrogen and oxygen atoms in total. The molecule has 0 fully saturated rings. The molecule has 0 aliphatic rings. The average Bonchev–Trinajstić information content (AvgIpc) is 3.03. The van der Waals surface area contributed by atoms with E-state index in [9.17, 15) is 18.0 Å². The van der Waals surface area contributed by atoms with Gasteiger partial charge in [0.05, 0.1) is 10.6 Å². The summed E-state index contributed by atoms with van der Waals surface area (Å²) in [6.07, 6.45) is 1.99. The topological polar surface area (TPSA) is 86.8 Å². The van der Waals surface area contributed by atoms with E-state index in [4.69, 9.17) is 0 Å². The molecular formula is C34H35BrIN3O4S. The molecule has 230 valence electrons. The maximum absolute atomic E-state index is 14.5. The fourth-order valence-corrected chi connectivity index (χ4v) is 6.99. The van der Waals surface area contributed by atoms with Gasteiger partial charge < -0.3 is 10.2 Å². The summed E-state index contributed by atoms with van der Waals surface area (Å²) in [5.41, 5.74) is 2.05. The number of carbonyl (C=O) groups excluding carboxylic acids is 2. The first-order valence-electron chi connectivity index (χ1n) is 14.4. The molecule has 0 radical (unpaired) electrons. The van der Waals surface area contributed by atoms with Crippen LogP contribution in [0.3, 0.4) is 0 Å². The number of nitrogens with one attached hydrogen (secondary N) is 1. The first-order chi connectivity index (χ1) is 21.2. The molecule has 0 saturated heterocycles. The van der Waals surface area contributed by atoms with E-state index in [0.717, 1.165) is 36.3 Å². The van der Waals surface area contributed by atoms with E-state index < -0.39 is 28.5 Å². The lowest BCUT2D eigenvalue weighted by Gasteiger charge is -2.34. The third-order valence-corrected chi connectivity index (χ3v) is 10.1. The molecule has 4 aromatic rings. The molecule has 10 heteroatoms. The van der Waals surface area contributed by atoms with Crippen LogP contribution in [0.25, 0.3) is 0 Å². The third-order valence-electron chi connectivity index (χ3n) is 7.07. The van der Waals surface area contributed by atoms with Crippen molar-refractivity contribution in [1.82, 2.24) is 10.2 Å². The Kier molecular flexibility index (Phi) is 12.4. The van der Waals surface area contributed by atoms with Gasteiger partial charge in [-0.1, -0.05) is 89.9 Å². The molecule has 0 bridgehead atoms. The number of hydrogen-bond acceptors (Lipinski definition) is 4. The number of unbranched alkanes of at least 4 members (excludes halogenated alkanes) is 1. The van der Waals surface area contributed by atoms with E-state index >= 15 is 0 Å². The maximum atomic E-state index is 14.5. The van der Waals surface area contributed by atoms with E-state index in [-0.39, 0.29) is 23.8 Å². The van der Waals surface area contributed by atoms with Crippen molar-refractivity contribution in [2.24, 2.45) is 0 Å². The van der Waals surface area contributed by atoms with E-state index in [1.54, 1.807) is 42.5 Å². The zero-order chi connectivity index (χ0) is 31.5. The lowest BCUT2D eigenvalue weighted by Crippen LogP contribution is -2.53. The Morgan fingerprint density at radius 2 is 1.50 bits per heavy atom. The van der Waals surface area contributed by atoms with Crippen molar-refractivity contribution < 1.29 is 18.0 Å². The predicted molar refractivity (Wildman–Crippen MR) is 187 cm³/mol. The van der Waals surface area contributed by atoms with E-state index in [1.165, 1.54) is 17.0 Å². The van der Waals surface area contributed by atoms with Gasteiger partial charge in [-0.3, -0.25) is 13.9 Å². The summed E-state index contributed by atoms with van der Waals surface area (Å²) in [5, 5.41) is 3.01. The van der Waals surface area contributed by atoms with Crippen molar-refractivity contribution in [3.05, 3.63) is 128 Å². The fourth-order valence-electron chi connectivity index (χ4n) is 4.75. The lowest BCUT2D eigenvalue weighted by atomic mass is 10.0. The van der Waals surface area contributed by atoms with Crippen LogP contribution in [0.1, 0.15) is 30.9 Å². The number of sulfonamides is 1. The quantitative estimate of drug-likeness (QED) is 0.113. The fraction of sp³-hybridized carbons (Fsp3) is 0.235. The van der Waals surface area contributed by atoms with Gasteiger partial charge in [0, 0.05) is 27.6 Å². The van der Waals surface area contributed by atoms with Crippen LogP contribution in [0, 0.1) is 3.57 Å². The smallest absolute Gasteiger partial charge is 0.264 e. The van der Waals surface area contributed by atoms with Crippen molar-refractivity contribution in [2.45, 2.75) is 43.7 Å². The Morgan fingerprint density at radius 3 is 2.14 bits per heavy atom. The minimum Gasteiger partial charge on any atom is -0.354 e. The Hall–Kier alpha value is -3.22. The highest BCUT2D eigenvalue weighted by molar-refractivity contribution is 14.1. The van der Waals surface area contributed by atoms with E-state index in [0.29, 0.717) is 12.2 Å². The molecule has 0 saturated carbocycles. The van der Waals surface area contributed by atoms with Crippen molar-refractivity contribution in [1.29, 1.82) is 0 Å². The monoisotopic (exact) mass is 787 g/mol. The van der Waals surface area contributed by atoms with Gasteiger partial charge in [-0.15, -0.1) is 0 Å². The normalized spacial score (nSPS) is 11.9. The summed E-state index contributed by atoms with van der Waals surface area (Å²) >= 11 is 5.66. The molecule has 4 rings (SSSR count). The van der Waals surface area contributed by atoms with Crippen LogP contribution >= 0.6 is 38.5 Å². The van der Waals surface area contributed by atoms with Gasteiger partial charge in [0.15, 0.2) is 0 Å². The number of halogens is 2. The second-order valence-electron chi connectivity index (χ2n) is 10.3. The summed E-state index contributed by atoms with van der Waals surface area (Å²) in [4.78, 5) is 29.8. The molecule has 0 aliphatic carbocycles. The Balaban J connectivity index is 1.78. The summed E-state index contributed by atoms with van der Waals surface area (Å²) in [7, 11) is -4.12. The molecule has 1 atom stereocenters. The zero-order valence-corrected chi connectivity index (χ0v) is 29.0. The first-order valence-corrected chi connectivity index (χ1v) is 17.7. The number of benzene rings is 4. The van der Waals surface area contributed by atoms with Crippen molar-refractivity contribution in [3.63, 3.8) is 0 Å². The molecule has 1 N–H and O–H groups in total. The highest BCUT2D eigenvalue weighted by Crippen LogP contribution is 2.26. The summed E-state index contributed by atoms with van der Waals surface area (Å²) in [6.45, 7) is 2.15. The van der Waals surface area contributed by atoms with Crippen LogP contribution in [0.4, 0.5) is 5.69 Å². The number of anilines is 1. The first kappa shape index (κ1) is 33.7. The summed E-state index contributed by atoms with van der Waals surface area (Å²) < 4.78 is 30.9. The van der Waals surface area contributed by atoms with Crippen LogP contribution in [-0.2, 0) is 32.6 Å². The number of amides is 2. The van der Waals surface area contributed by atoms with Gasteiger partial charge in [-0.25, -0.2) is 8.42 Å². The van der Waals surface area contributed by atoms with Crippen molar-refractivity contribution in [2.75, 3.05) is 17.4 Å². The van der Waals surface area contributed by atoms with Crippen molar-refractivity contribution >= 4 is 66.0 Å². The van der Waals surface area contributed by atoms with Gasteiger partial charge in [0.25, 0.3) is 10.0 Å². The minimum absolute atomic E-state index is 0.0723. The number of hydrogen-bond donors (Lipinski definition) is 1. The second kappa shape index (κ2) is 16.2. The minimum atomic E-state index is -4.12. The standard InChI is InChI=1S/C34H35BrIN3O4S/c1-2-3-21-37-34(41)32(23-26-11-6-4-7-12-26)38(24-27-13-10-14-28(35)22-27)33(40)25-39(30-19-17-29(36)18-20-30)44(42,43)31-15-8-5-9-16-31/h4-20,22,32H,2-3,21,23-25H2,1H3,(H,37,41)/t32-/m1/s1. The Morgan fingerprint density at radius 1 is 0.864 bits per heavy atom. The Bertz CT molecular complexity index is 1640. The van der Waals surface area contributed by atoms with E-state index in [2.05, 4.69) is 43.8 Å². The number of rotatable bonds is 14. The number of nitrogens with zero attached hydrogens (tertiary/aromatic N) is 2. The van der Waals surface area contributed by atoms with Crippen LogP contribution < -0.4 is 9.62 Å². The molecule has 0 heterocycles.